The SMILES string of the molecule is CCCC[C@](C)(CCC(C)=O)Nc1nc(N)nc2c1CCCC2.CCCC[C@](C)(CCC(C)=O)Nc1nc(N)nc2c1CCN(C(C)=O)C2.CCCC[C@](C)(CCC(C)=O)Nc1nc(N)nc2c1CN(C(C)=O)CC2.CCCC[C@](C)(CCC(C)=O)Nc1nc(N)nc2ccsc12.CCCC[C@](C)(CCC(C)=O)Nc1nc(N)nc2nccnc12. The summed E-state index contributed by atoms with van der Waals surface area (Å²) in [5, 5.41) is 19.7. The van der Waals surface area contributed by atoms with Crippen LogP contribution in [0.25, 0.3) is 21.4 Å². The summed E-state index contributed by atoms with van der Waals surface area (Å²) < 4.78 is 1.01. The summed E-state index contributed by atoms with van der Waals surface area (Å²) in [4.78, 5) is 136. The lowest BCUT2D eigenvalue weighted by Crippen LogP contribution is -2.39. The second kappa shape index (κ2) is 47.3. The van der Waals surface area contributed by atoms with Crippen molar-refractivity contribution in [2.75, 3.05) is 68.3 Å². The van der Waals surface area contributed by atoms with Crippen LogP contribution in [0.2, 0.25) is 0 Å². The molecule has 9 heterocycles. The molecule has 0 bridgehead atoms. The van der Waals surface area contributed by atoms with Crippen LogP contribution >= 0.6 is 11.3 Å². The molecule has 660 valence electrons. The molecular formula is C88H140N24O7S. The van der Waals surface area contributed by atoms with Gasteiger partial charge in [-0.3, -0.25) is 9.59 Å². The van der Waals surface area contributed by atoms with E-state index in [1.165, 1.54) is 18.4 Å². The fourth-order valence-corrected chi connectivity index (χ4v) is 15.8. The molecule has 0 saturated carbocycles. The summed E-state index contributed by atoms with van der Waals surface area (Å²) in [7, 11) is 0. The zero-order valence-electron chi connectivity index (χ0n) is 75.0. The van der Waals surface area contributed by atoms with Crippen LogP contribution in [-0.2, 0) is 72.3 Å². The molecule has 15 N–H and O–H groups in total. The first kappa shape index (κ1) is 98.8. The van der Waals surface area contributed by atoms with Gasteiger partial charge >= 0.3 is 0 Å². The van der Waals surface area contributed by atoms with Crippen LogP contribution in [0.4, 0.5) is 58.8 Å². The van der Waals surface area contributed by atoms with Gasteiger partial charge < -0.3 is 89.0 Å². The number of Topliss-reactive ketones (excluding diaryl/α,β-unsaturated/α-hetero) is 5. The molecule has 0 fully saturated rings. The van der Waals surface area contributed by atoms with Crippen molar-refractivity contribution >= 4 is 132 Å². The van der Waals surface area contributed by atoms with Gasteiger partial charge in [0.2, 0.25) is 41.6 Å². The third kappa shape index (κ3) is 32.2. The van der Waals surface area contributed by atoms with Gasteiger partial charge in [-0.15, -0.1) is 11.3 Å². The van der Waals surface area contributed by atoms with Crippen molar-refractivity contribution in [2.45, 2.75) is 358 Å². The topological polar surface area (TPSA) is 471 Å². The Bertz CT molecular complexity index is 4570. The Labute approximate surface area is 715 Å². The lowest BCUT2D eigenvalue weighted by atomic mass is 9.88. The Morgan fingerprint density at radius 3 is 1.13 bits per heavy atom. The second-order valence-electron chi connectivity index (χ2n) is 34.3. The van der Waals surface area contributed by atoms with Crippen molar-refractivity contribution in [3.8, 4) is 0 Å². The Hall–Kier alpha value is -10.0. The summed E-state index contributed by atoms with van der Waals surface area (Å²) in [6, 6.07) is 1.95. The van der Waals surface area contributed by atoms with Gasteiger partial charge in [0, 0.05) is 122 Å². The second-order valence-corrected chi connectivity index (χ2v) is 35.3. The number of nitrogen functional groups attached to an aromatic ring is 5. The predicted molar refractivity (Wildman–Crippen MR) is 484 cm³/mol. The lowest BCUT2D eigenvalue weighted by Gasteiger charge is -2.35. The van der Waals surface area contributed by atoms with Crippen molar-refractivity contribution in [3.63, 3.8) is 0 Å². The molecule has 7 aromatic rings. The van der Waals surface area contributed by atoms with Crippen LogP contribution < -0.4 is 55.3 Å². The molecule has 2 aliphatic heterocycles. The number of anilines is 10. The maximum atomic E-state index is 11.8. The maximum absolute atomic E-state index is 11.8. The van der Waals surface area contributed by atoms with Crippen molar-refractivity contribution in [2.24, 2.45) is 0 Å². The van der Waals surface area contributed by atoms with E-state index in [4.69, 9.17) is 28.7 Å². The number of carbonyl (C=O) groups excluding carboxylic acids is 7. The van der Waals surface area contributed by atoms with E-state index in [9.17, 15) is 33.6 Å². The first-order valence-electron chi connectivity index (χ1n) is 43.4. The molecule has 0 aromatic carbocycles. The number of nitrogens with two attached hydrogens (primary N) is 5. The fourth-order valence-electron chi connectivity index (χ4n) is 15.1. The maximum Gasteiger partial charge on any atom is 0.224 e. The Morgan fingerprint density at radius 2 is 0.708 bits per heavy atom. The molecule has 120 heavy (non-hydrogen) atoms. The van der Waals surface area contributed by atoms with E-state index in [2.05, 4.69) is 156 Å². The van der Waals surface area contributed by atoms with Gasteiger partial charge in [-0.25, -0.2) is 29.9 Å². The van der Waals surface area contributed by atoms with E-state index < -0.39 is 0 Å². The standard InChI is InChI=1S/2C19H31N5O2.C18H30N4O.C16H24N6O.C16H24N4OS/c1-5-6-9-19(4,10-7-13(2)25)23-17-15-12-24(14(3)26)11-8-16(15)21-18(20)22-17;1-5-6-9-19(4,10-7-13(2)25)23-17-15-8-11-24(14(3)26)12-16(15)21-18(20)22-17;1-4-5-11-18(3,12-10-13(2)23)22-16-14-8-6-7-9-15(14)20-17(19)21-16;1-4-5-7-16(3,8-6-11(2)23)22-14-12-13(19-10-9-18-12)20-15(17)21-14;1-4-5-8-16(3,9-6-11(2)21)20-14-13-12(7-10-22-13)18-15(17)19-14/h2*5-12H2,1-4H3,(H3,20,21,22,23);4-12H2,1-3H3,(H3,19,20,21,22);9-10H,4-8H2,1-3H3,(H3,17,19,20,21,22);7,10H,4-6,8-9H2,1-3H3,(H3,17,18,19,20)/t2*19-;18-;2*16-/m11111/s1. The number of hydrogen-bond acceptors (Lipinski definition) is 30. The highest BCUT2D eigenvalue weighted by molar-refractivity contribution is 7.17. The lowest BCUT2D eigenvalue weighted by molar-refractivity contribution is -0.130. The number of thiophene rings is 1. The number of fused-ring (bicyclic) bond motifs is 5. The number of amides is 2. The highest BCUT2D eigenvalue weighted by Crippen LogP contribution is 2.38. The number of nitrogens with one attached hydrogen (secondary N) is 5. The zero-order valence-corrected chi connectivity index (χ0v) is 75.8. The molecule has 2 amide bonds. The molecule has 0 unspecified atom stereocenters. The molecule has 32 heteroatoms. The Balaban J connectivity index is 0.000000233. The molecule has 31 nitrogen and oxygen atoms in total. The number of aromatic nitrogens is 12. The minimum absolute atomic E-state index is 0.0385. The van der Waals surface area contributed by atoms with E-state index >= 15 is 0 Å². The molecule has 1 aliphatic carbocycles. The van der Waals surface area contributed by atoms with Crippen LogP contribution in [0.1, 0.15) is 325 Å². The summed E-state index contributed by atoms with van der Waals surface area (Å²) in [5.74, 6) is 5.99. The minimum Gasteiger partial charge on any atom is -0.368 e. The van der Waals surface area contributed by atoms with Gasteiger partial charge in [0.05, 0.1) is 40.4 Å². The van der Waals surface area contributed by atoms with E-state index in [0.29, 0.717) is 99.9 Å². The highest BCUT2D eigenvalue weighted by atomic mass is 32.1. The number of aryl methyl sites for hydroxylation is 1. The van der Waals surface area contributed by atoms with Gasteiger partial charge in [-0.2, -0.15) is 29.9 Å². The minimum atomic E-state index is -0.257. The smallest absolute Gasteiger partial charge is 0.224 e. The molecule has 3 aliphatic rings. The van der Waals surface area contributed by atoms with Crippen LogP contribution in [0.5, 0.6) is 0 Å². The quantitative estimate of drug-likeness (QED) is 0.0170. The largest absolute Gasteiger partial charge is 0.368 e. The van der Waals surface area contributed by atoms with Crippen LogP contribution in [0.15, 0.2) is 23.8 Å². The molecule has 0 spiro atoms. The molecular weight excluding hydrogens is 1540 g/mol. The van der Waals surface area contributed by atoms with E-state index in [1.54, 1.807) is 82.0 Å². The summed E-state index contributed by atoms with van der Waals surface area (Å²) >= 11 is 1.60. The van der Waals surface area contributed by atoms with Crippen molar-refractivity contribution in [3.05, 3.63) is 57.6 Å². The third-order valence-electron chi connectivity index (χ3n) is 22.6. The van der Waals surface area contributed by atoms with Crippen molar-refractivity contribution in [1.82, 2.24) is 69.6 Å². The van der Waals surface area contributed by atoms with Gasteiger partial charge in [-0.05, 0) is 177 Å². The molecule has 5 atom stereocenters. The first-order valence-corrected chi connectivity index (χ1v) is 44.3. The van der Waals surface area contributed by atoms with Crippen LogP contribution in [-0.4, -0.2) is 151 Å². The highest BCUT2D eigenvalue weighted by Gasteiger charge is 2.34. The summed E-state index contributed by atoms with van der Waals surface area (Å²) in [6.07, 6.45) is 31.3. The molecule has 0 saturated heterocycles. The van der Waals surface area contributed by atoms with Crippen LogP contribution in [0.3, 0.4) is 0 Å². The van der Waals surface area contributed by atoms with E-state index in [1.807, 2.05) is 11.4 Å². The van der Waals surface area contributed by atoms with Gasteiger partial charge in [0.1, 0.15) is 52.2 Å². The number of ketones is 5. The average molecular weight is 1680 g/mol. The van der Waals surface area contributed by atoms with Gasteiger partial charge in [0.25, 0.3) is 0 Å². The van der Waals surface area contributed by atoms with Crippen molar-refractivity contribution < 1.29 is 33.6 Å². The average Bonchev–Trinajstić information content (AvgIpc) is 0.943. The zero-order chi connectivity index (χ0) is 88.5. The Kier molecular flexibility index (Phi) is 38.9. The summed E-state index contributed by atoms with van der Waals surface area (Å²) in [6.45, 7) is 35.1. The van der Waals surface area contributed by atoms with E-state index in [0.717, 1.165) is 197 Å². The van der Waals surface area contributed by atoms with Crippen molar-refractivity contribution in [1.29, 1.82) is 0 Å². The monoisotopic (exact) mass is 1680 g/mol. The number of unbranched alkanes of at least 4 members (excludes halogenated alkanes) is 5. The number of hydrogen-bond donors (Lipinski definition) is 10. The third-order valence-corrected chi connectivity index (χ3v) is 23.5. The van der Waals surface area contributed by atoms with E-state index in [-0.39, 0.29) is 92.2 Å². The van der Waals surface area contributed by atoms with Crippen LogP contribution in [0, 0.1) is 0 Å². The van der Waals surface area contributed by atoms with Gasteiger partial charge in [0.15, 0.2) is 17.0 Å². The fraction of sp³-hybridized carbons (Fsp3) is 0.648. The number of nitrogens with zero attached hydrogens (tertiary/aromatic N) is 14. The molecule has 7 aromatic heterocycles. The summed E-state index contributed by atoms with van der Waals surface area (Å²) in [5.41, 5.74) is 36.2. The Morgan fingerprint density at radius 1 is 0.375 bits per heavy atom. The number of carbonyl (C=O) groups is 7. The number of rotatable bonds is 40. The molecule has 0 radical (unpaired) electrons. The molecule has 10 rings (SSSR count). The normalized spacial score (nSPS) is 15.2. The first-order chi connectivity index (χ1) is 56.8. The van der Waals surface area contributed by atoms with Gasteiger partial charge in [-0.1, -0.05) is 98.8 Å². The predicted octanol–water partition coefficient (Wildman–Crippen LogP) is 15.8.